The maximum atomic E-state index is 12.6. The molecule has 1 aromatic carbocycles. The van der Waals surface area contributed by atoms with E-state index in [-0.39, 0.29) is 17.1 Å². The molecular formula is C22H21N2O5+. The number of nitrogens with one attached hydrogen (secondary N) is 1. The highest BCUT2D eigenvalue weighted by Crippen LogP contribution is 2.23. The Bertz CT molecular complexity index is 1160. The fourth-order valence-electron chi connectivity index (χ4n) is 3.42. The number of aromatic hydroxyl groups is 1. The van der Waals surface area contributed by atoms with E-state index in [1.807, 2.05) is 30.3 Å². The van der Waals surface area contributed by atoms with Gasteiger partial charge in [0.1, 0.15) is 35.7 Å². The molecular weight excluding hydrogens is 372 g/mol. The minimum Gasteiger partial charge on any atom is -0.507 e. The van der Waals surface area contributed by atoms with Gasteiger partial charge in [-0.3, -0.25) is 9.69 Å². The van der Waals surface area contributed by atoms with Gasteiger partial charge < -0.3 is 14.3 Å². The van der Waals surface area contributed by atoms with Crippen molar-refractivity contribution in [2.45, 2.75) is 6.92 Å². The number of hydrogen-bond donors (Lipinski definition) is 1. The minimum absolute atomic E-state index is 0.242. The predicted molar refractivity (Wildman–Crippen MR) is 108 cm³/mol. The van der Waals surface area contributed by atoms with Crippen LogP contribution in [0.4, 0.5) is 5.82 Å². The minimum atomic E-state index is -0.851. The molecule has 29 heavy (non-hydrogen) atoms. The lowest BCUT2D eigenvalue weighted by Gasteiger charge is -2.22. The number of hydrogen-bond acceptors (Lipinski definition) is 6. The van der Waals surface area contributed by atoms with Gasteiger partial charge >= 0.3 is 5.63 Å². The first-order valence-electron chi connectivity index (χ1n) is 9.37. The Hall–Kier alpha value is -3.45. The third-order valence-corrected chi connectivity index (χ3v) is 4.84. The summed E-state index contributed by atoms with van der Waals surface area (Å²) < 4.78 is 10.4. The van der Waals surface area contributed by atoms with Crippen LogP contribution in [0, 0.1) is 6.92 Å². The van der Waals surface area contributed by atoms with Gasteiger partial charge in [0.2, 0.25) is 0 Å². The molecule has 7 nitrogen and oxygen atoms in total. The molecule has 1 aliphatic rings. The van der Waals surface area contributed by atoms with Crippen LogP contribution in [-0.2, 0) is 4.74 Å². The van der Waals surface area contributed by atoms with Crippen LogP contribution < -0.4 is 15.5 Å². The fourth-order valence-corrected chi connectivity index (χ4v) is 3.42. The Kier molecular flexibility index (Phi) is 5.14. The molecule has 0 saturated carbocycles. The highest BCUT2D eigenvalue weighted by atomic mass is 16.5. The maximum absolute atomic E-state index is 12.6. The summed E-state index contributed by atoms with van der Waals surface area (Å²) in [6.45, 7) is 4.24. The van der Waals surface area contributed by atoms with Crippen molar-refractivity contribution in [2.75, 3.05) is 31.2 Å². The van der Waals surface area contributed by atoms with Crippen molar-refractivity contribution in [3.63, 3.8) is 0 Å². The molecule has 0 atom stereocenters. The molecule has 2 N–H and O–H groups in total. The molecule has 1 fully saturated rings. The number of carbonyl (C=O) groups excluding carboxylic acids is 1. The lowest BCUT2D eigenvalue weighted by molar-refractivity contribution is -0.331. The van der Waals surface area contributed by atoms with Gasteiger partial charge in [-0.15, -0.1) is 0 Å². The number of aryl methyl sites for hydroxylation is 1. The van der Waals surface area contributed by atoms with E-state index in [4.69, 9.17) is 9.15 Å². The summed E-state index contributed by atoms with van der Waals surface area (Å²) >= 11 is 0. The second-order valence-electron chi connectivity index (χ2n) is 6.86. The van der Waals surface area contributed by atoms with Crippen molar-refractivity contribution in [1.29, 1.82) is 0 Å². The van der Waals surface area contributed by atoms with E-state index in [0.29, 0.717) is 13.2 Å². The molecule has 148 valence electrons. The van der Waals surface area contributed by atoms with Crippen LogP contribution in [0.3, 0.4) is 0 Å². The van der Waals surface area contributed by atoms with Gasteiger partial charge in [0.05, 0.1) is 18.8 Å². The number of aromatic nitrogens is 1. The van der Waals surface area contributed by atoms with Crippen LogP contribution in [0.25, 0.3) is 17.0 Å². The van der Waals surface area contributed by atoms with Crippen LogP contribution in [0.15, 0.2) is 51.7 Å². The van der Waals surface area contributed by atoms with Crippen molar-refractivity contribution < 1.29 is 24.0 Å². The predicted octanol–water partition coefficient (Wildman–Crippen LogP) is 2.35. The second-order valence-corrected chi connectivity index (χ2v) is 6.86. The normalized spacial score (nSPS) is 14.6. The van der Waals surface area contributed by atoms with Gasteiger partial charge in [0, 0.05) is 11.5 Å². The number of rotatable bonds is 4. The number of anilines is 1. The third-order valence-electron chi connectivity index (χ3n) is 4.84. The molecule has 3 aromatic rings. The Labute approximate surface area is 166 Å². The van der Waals surface area contributed by atoms with Crippen molar-refractivity contribution in [3.8, 4) is 5.75 Å². The first-order valence-corrected chi connectivity index (χ1v) is 9.37. The van der Waals surface area contributed by atoms with Crippen molar-refractivity contribution in [1.82, 2.24) is 0 Å². The molecule has 3 heterocycles. The van der Waals surface area contributed by atoms with Gasteiger partial charge in [-0.25, -0.2) is 9.78 Å². The molecule has 0 aliphatic carbocycles. The zero-order valence-electron chi connectivity index (χ0n) is 16.0. The van der Waals surface area contributed by atoms with E-state index >= 15 is 0 Å². The fraction of sp³-hybridized carbons (Fsp3) is 0.227. The van der Waals surface area contributed by atoms with Crippen molar-refractivity contribution in [2.24, 2.45) is 0 Å². The number of aromatic amines is 1. The maximum Gasteiger partial charge on any atom is 0.351 e. The van der Waals surface area contributed by atoms with Crippen LogP contribution in [0.5, 0.6) is 5.75 Å². The molecule has 0 spiro atoms. The molecule has 0 bridgehead atoms. The van der Waals surface area contributed by atoms with E-state index < -0.39 is 11.4 Å². The Morgan fingerprint density at radius 1 is 1.21 bits per heavy atom. The molecule has 0 radical (unpaired) electrons. The van der Waals surface area contributed by atoms with Crippen molar-refractivity contribution >= 4 is 28.6 Å². The zero-order valence-corrected chi connectivity index (χ0v) is 16.0. The third kappa shape index (κ3) is 3.90. The molecule has 1 aliphatic heterocycles. The Morgan fingerprint density at radius 2 is 1.97 bits per heavy atom. The number of morpholine rings is 1. The standard InChI is InChI=1S/C22H20N2O5/c1-14-12-19(26)20(22(27)29-14)18(25)7-6-16-13-15-4-2-3-5-17(15)23-21(16)24-8-10-28-11-9-24/h2-7,12-13,26H,8-11H2,1H3/p+1/b7-6+. The van der Waals surface area contributed by atoms with Crippen LogP contribution in [0.1, 0.15) is 21.7 Å². The topological polar surface area (TPSA) is 94.1 Å². The SMILES string of the molecule is Cc1cc(O)c(C(=O)/C=C/c2cc3ccccc3[nH+]c2N2CCOCC2)c(=O)o1. The molecule has 2 aromatic heterocycles. The second kappa shape index (κ2) is 7.89. The summed E-state index contributed by atoms with van der Waals surface area (Å²) in [5.41, 5.74) is 0.560. The zero-order chi connectivity index (χ0) is 20.4. The number of benzene rings is 1. The summed E-state index contributed by atoms with van der Waals surface area (Å²) in [6, 6.07) is 11.1. The molecule has 0 amide bonds. The number of para-hydroxylation sites is 1. The Balaban J connectivity index is 1.74. The van der Waals surface area contributed by atoms with Crippen LogP contribution in [0.2, 0.25) is 0 Å². The summed E-state index contributed by atoms with van der Waals surface area (Å²) in [5.74, 6) is 0.118. The summed E-state index contributed by atoms with van der Waals surface area (Å²) in [6.07, 6.45) is 2.93. The molecule has 4 rings (SSSR count). The van der Waals surface area contributed by atoms with E-state index in [9.17, 15) is 14.7 Å². The van der Waals surface area contributed by atoms with Crippen molar-refractivity contribution in [3.05, 3.63) is 69.8 Å². The quantitative estimate of drug-likeness (QED) is 0.540. The van der Waals surface area contributed by atoms with E-state index in [0.717, 1.165) is 35.4 Å². The first kappa shape index (κ1) is 18.9. The van der Waals surface area contributed by atoms with E-state index in [1.165, 1.54) is 19.1 Å². The number of fused-ring (bicyclic) bond motifs is 1. The molecule has 0 unspecified atom stereocenters. The van der Waals surface area contributed by atoms with E-state index in [1.54, 1.807) is 6.08 Å². The van der Waals surface area contributed by atoms with Crippen LogP contribution >= 0.6 is 0 Å². The van der Waals surface area contributed by atoms with Crippen LogP contribution in [-0.4, -0.2) is 37.2 Å². The average Bonchev–Trinajstić information content (AvgIpc) is 2.71. The number of ketones is 1. The molecule has 1 saturated heterocycles. The van der Waals surface area contributed by atoms with Gasteiger partial charge in [-0.1, -0.05) is 18.2 Å². The highest BCUT2D eigenvalue weighted by Gasteiger charge is 2.23. The summed E-state index contributed by atoms with van der Waals surface area (Å²) in [7, 11) is 0. The number of nitrogens with zero attached hydrogens (tertiary/aromatic N) is 1. The lowest BCUT2D eigenvalue weighted by Crippen LogP contribution is -2.40. The van der Waals surface area contributed by atoms with E-state index in [2.05, 4.69) is 9.88 Å². The number of ether oxygens (including phenoxy) is 1. The highest BCUT2D eigenvalue weighted by molar-refractivity contribution is 6.08. The van der Waals surface area contributed by atoms with Gasteiger partial charge in [0.25, 0.3) is 5.82 Å². The Morgan fingerprint density at radius 3 is 2.72 bits per heavy atom. The lowest BCUT2D eigenvalue weighted by atomic mass is 10.1. The van der Waals surface area contributed by atoms with Gasteiger partial charge in [0.15, 0.2) is 5.78 Å². The number of carbonyl (C=O) groups is 1. The number of H-pyrrole nitrogens is 1. The smallest absolute Gasteiger partial charge is 0.351 e. The first-order chi connectivity index (χ1) is 14.0. The van der Waals surface area contributed by atoms with Gasteiger partial charge in [-0.2, -0.15) is 0 Å². The summed E-state index contributed by atoms with van der Waals surface area (Å²) in [4.78, 5) is 30.2. The monoisotopic (exact) mass is 393 g/mol. The number of pyridine rings is 1. The number of allylic oxidation sites excluding steroid dienone is 1. The summed E-state index contributed by atoms with van der Waals surface area (Å²) in [5, 5.41) is 11.0. The average molecular weight is 393 g/mol. The van der Waals surface area contributed by atoms with Gasteiger partial charge in [-0.05, 0) is 31.2 Å². The molecule has 7 heteroatoms. The largest absolute Gasteiger partial charge is 0.507 e.